The number of nitrogens with two attached hydrogens (primary N) is 1. The Kier molecular flexibility index (Phi) is 11.1. The van der Waals surface area contributed by atoms with E-state index in [1.165, 1.54) is 22.0 Å². The van der Waals surface area contributed by atoms with Gasteiger partial charge in [-0.2, -0.15) is 15.2 Å². The molecule has 5 aliphatic rings. The first-order valence-electron chi connectivity index (χ1n) is 23.8. The molecule has 0 bridgehead atoms. The molecule has 0 saturated carbocycles. The summed E-state index contributed by atoms with van der Waals surface area (Å²) in [5.74, 6) is 1.18. The van der Waals surface area contributed by atoms with Crippen molar-refractivity contribution in [3.8, 4) is 17.8 Å². The van der Waals surface area contributed by atoms with E-state index < -0.39 is 6.04 Å². The summed E-state index contributed by atoms with van der Waals surface area (Å²) in [4.78, 5) is 54.5. The molecule has 3 atom stereocenters. The minimum absolute atomic E-state index is 0.00692. The van der Waals surface area contributed by atoms with Crippen molar-refractivity contribution in [3.63, 3.8) is 0 Å². The highest BCUT2D eigenvalue weighted by atomic mass is 16.5. The predicted octanol–water partition coefficient (Wildman–Crippen LogP) is 6.75. The Morgan fingerprint density at radius 3 is 2.59 bits per heavy atom. The Morgan fingerprint density at radius 2 is 1.76 bits per heavy atom. The van der Waals surface area contributed by atoms with E-state index in [1.807, 2.05) is 42.3 Å². The summed E-state index contributed by atoms with van der Waals surface area (Å²) in [5.41, 5.74) is 15.9. The highest BCUT2D eigenvalue weighted by molar-refractivity contribution is 6.03. The summed E-state index contributed by atoms with van der Waals surface area (Å²) in [5, 5.41) is 13.6. The number of nitrogens with one attached hydrogen (secondary N) is 1. The maximum Gasteiger partial charge on any atom is 0.318 e. The summed E-state index contributed by atoms with van der Waals surface area (Å²) in [6, 6.07) is 26.9. The highest BCUT2D eigenvalue weighted by Gasteiger charge is 2.42. The van der Waals surface area contributed by atoms with Crippen LogP contribution in [-0.4, -0.2) is 120 Å². The number of aromatic nitrogens is 3. The Labute approximate surface area is 396 Å². The molecule has 3 N–H and O–H groups in total. The first kappa shape index (κ1) is 43.3. The lowest BCUT2D eigenvalue weighted by atomic mass is 9.96. The summed E-state index contributed by atoms with van der Waals surface area (Å²) >= 11 is 0. The number of hydrogen-bond donors (Lipinski definition) is 2. The van der Waals surface area contributed by atoms with E-state index in [9.17, 15) is 14.9 Å². The molecule has 68 heavy (non-hydrogen) atoms. The lowest BCUT2D eigenvalue weighted by Gasteiger charge is -2.46. The number of carbonyl (C=O) groups excluding carboxylic acids is 2. The van der Waals surface area contributed by atoms with Crippen molar-refractivity contribution in [1.29, 1.82) is 5.26 Å². The number of aryl methyl sites for hydroxylation is 1. The minimum atomic E-state index is -0.393. The number of anilines is 4. The highest BCUT2D eigenvalue weighted by Crippen LogP contribution is 2.44. The number of fused-ring (bicyclic) bond motifs is 8. The van der Waals surface area contributed by atoms with Gasteiger partial charge < -0.3 is 49.6 Å². The van der Waals surface area contributed by atoms with Gasteiger partial charge in [-0.25, -0.2) is 0 Å². The van der Waals surface area contributed by atoms with Gasteiger partial charge in [0.25, 0.3) is 11.8 Å². The van der Waals surface area contributed by atoms with Gasteiger partial charge in [-0.3, -0.25) is 9.59 Å². The van der Waals surface area contributed by atoms with Crippen LogP contribution in [0.1, 0.15) is 63.9 Å². The monoisotopic (exact) mass is 911 g/mol. The van der Waals surface area contributed by atoms with Crippen molar-refractivity contribution in [2.24, 2.45) is 0 Å². The fourth-order valence-corrected chi connectivity index (χ4v) is 11.4. The zero-order valence-corrected chi connectivity index (χ0v) is 39.0. The molecular weight excluding hydrogens is 855 g/mol. The molecule has 3 unspecified atom stereocenters. The molecule has 348 valence electrons. The fourth-order valence-electron chi connectivity index (χ4n) is 11.4. The topological polar surface area (TPSA) is 163 Å². The van der Waals surface area contributed by atoms with Gasteiger partial charge >= 0.3 is 6.01 Å². The zero-order chi connectivity index (χ0) is 46.8. The molecule has 2 aromatic heterocycles. The summed E-state index contributed by atoms with van der Waals surface area (Å²) in [6.07, 6.45) is 3.51. The molecule has 2 fully saturated rings. The number of nitrogen functional groups attached to an aromatic ring is 1. The van der Waals surface area contributed by atoms with Crippen LogP contribution in [0.4, 0.5) is 22.9 Å². The first-order chi connectivity index (χ1) is 33.0. The van der Waals surface area contributed by atoms with E-state index in [2.05, 4.69) is 87.6 Å². The lowest BCUT2D eigenvalue weighted by Crippen LogP contribution is -2.56. The number of rotatable bonds is 10. The molecule has 4 aromatic carbocycles. The third-order valence-corrected chi connectivity index (χ3v) is 14.9. The third-order valence-electron chi connectivity index (χ3n) is 14.9. The number of nitriles is 1. The molecule has 0 aliphatic carbocycles. The van der Waals surface area contributed by atoms with Gasteiger partial charge in [0.05, 0.1) is 47.7 Å². The molecule has 7 heterocycles. The van der Waals surface area contributed by atoms with Crippen LogP contribution < -0.4 is 29.9 Å². The first-order valence-corrected chi connectivity index (χ1v) is 23.8. The number of likely N-dealkylation sites (tertiary alicyclic amines) is 1. The largest absolute Gasteiger partial charge is 0.489 e. The molecule has 15 heteroatoms. The van der Waals surface area contributed by atoms with Crippen LogP contribution in [-0.2, 0) is 24.2 Å². The lowest BCUT2D eigenvalue weighted by molar-refractivity contribution is -0.130. The number of amides is 2. The average molecular weight is 912 g/mol. The fraction of sp³-hybridized carbons (Fsp3) is 0.377. The van der Waals surface area contributed by atoms with Crippen LogP contribution >= 0.6 is 0 Å². The Balaban J connectivity index is 0.800. The smallest absolute Gasteiger partial charge is 0.318 e. The van der Waals surface area contributed by atoms with E-state index in [0.29, 0.717) is 80.4 Å². The van der Waals surface area contributed by atoms with Crippen molar-refractivity contribution in [2.75, 3.05) is 87.0 Å². The van der Waals surface area contributed by atoms with Crippen LogP contribution in [0.3, 0.4) is 0 Å². The number of carbonyl (C=O) groups is 2. The maximum absolute atomic E-state index is 14.2. The van der Waals surface area contributed by atoms with Crippen molar-refractivity contribution in [3.05, 3.63) is 119 Å². The van der Waals surface area contributed by atoms with Crippen molar-refractivity contribution < 1.29 is 19.1 Å². The minimum Gasteiger partial charge on any atom is -0.489 e. The summed E-state index contributed by atoms with van der Waals surface area (Å²) in [7, 11) is 4.14. The average Bonchev–Trinajstić information content (AvgIpc) is 3.95. The van der Waals surface area contributed by atoms with Gasteiger partial charge in [-0.1, -0.05) is 36.9 Å². The SMILES string of the molecule is C=C(COc1ccc2[nH]c3c(c2c1)CCN1C(=O)c2cc(N)ccc2N(C)C31)C(=O)N1CCN(c2nc(OCC3CCCN3C)nc3c2CCN(c2cccc4cccc(C)c24)C3)CC1CC#N. The third kappa shape index (κ3) is 7.56. The standard InChI is InChI=1S/C53H57N11O4/c1-32-8-5-9-34-10-6-12-46(47(32)34)61-22-18-40-44(29-61)57-53(68-31-37-11-7-21-59(37)3)58-49(40)62-24-25-63(36(28-62)17-20-54)51(65)33(2)30-67-38-14-15-43-41(27-38)39-19-23-64-50(48(39)56-43)60(4)45-16-13-35(55)26-42(45)52(64)66/h5-6,8-10,12-16,26-27,36-37,50,56H,2,7,11,17-19,21-25,28-31,55H2,1,3-4H3. The van der Waals surface area contributed by atoms with Crippen LogP contribution in [0.15, 0.2) is 84.9 Å². The zero-order valence-electron chi connectivity index (χ0n) is 39.0. The van der Waals surface area contributed by atoms with Gasteiger partial charge in [-0.05, 0) is 105 Å². The Morgan fingerprint density at radius 1 is 0.926 bits per heavy atom. The molecule has 6 aromatic rings. The molecule has 11 rings (SSSR count). The van der Waals surface area contributed by atoms with Crippen molar-refractivity contribution >= 4 is 56.4 Å². The normalized spacial score (nSPS) is 20.2. The second-order valence-corrected chi connectivity index (χ2v) is 19.1. The van der Waals surface area contributed by atoms with Crippen molar-refractivity contribution in [2.45, 2.75) is 63.8 Å². The van der Waals surface area contributed by atoms with Gasteiger partial charge in [-0.15, -0.1) is 0 Å². The van der Waals surface area contributed by atoms with E-state index >= 15 is 0 Å². The molecule has 2 saturated heterocycles. The van der Waals surface area contributed by atoms with E-state index in [4.69, 9.17) is 25.2 Å². The van der Waals surface area contributed by atoms with Crippen molar-refractivity contribution in [1.82, 2.24) is 29.7 Å². The number of piperazine rings is 1. The number of aromatic amines is 1. The Bertz CT molecular complexity index is 3050. The molecular formula is C53H57N11O4. The van der Waals surface area contributed by atoms with E-state index in [-0.39, 0.29) is 31.0 Å². The molecule has 0 spiro atoms. The van der Waals surface area contributed by atoms with Crippen LogP contribution in [0.2, 0.25) is 0 Å². The quantitative estimate of drug-likeness (QED) is 0.110. The summed E-state index contributed by atoms with van der Waals surface area (Å²) in [6.45, 7) is 11.2. The van der Waals surface area contributed by atoms with Gasteiger partial charge in [0.15, 0.2) is 0 Å². The number of hydrogen-bond acceptors (Lipinski definition) is 12. The second kappa shape index (κ2) is 17.4. The molecule has 0 radical (unpaired) electrons. The van der Waals surface area contributed by atoms with E-state index in [0.717, 1.165) is 77.3 Å². The maximum atomic E-state index is 14.2. The molecule has 2 amide bonds. The number of likely N-dealkylation sites (N-methyl/N-ethyl adjacent to an activating group) is 1. The summed E-state index contributed by atoms with van der Waals surface area (Å²) < 4.78 is 12.7. The number of nitrogens with zero attached hydrogens (tertiary/aromatic N) is 9. The van der Waals surface area contributed by atoms with Gasteiger partial charge in [0.1, 0.15) is 30.9 Å². The van der Waals surface area contributed by atoms with Gasteiger partial charge in [0, 0.05) is 84.6 Å². The van der Waals surface area contributed by atoms with E-state index in [1.54, 1.807) is 11.0 Å². The second-order valence-electron chi connectivity index (χ2n) is 19.1. The number of H-pyrrole nitrogens is 1. The van der Waals surface area contributed by atoms with Gasteiger partial charge in [0.2, 0.25) is 0 Å². The van der Waals surface area contributed by atoms with Crippen LogP contribution in [0.5, 0.6) is 11.8 Å². The number of benzene rings is 4. The van der Waals surface area contributed by atoms with Crippen LogP contribution in [0, 0.1) is 18.3 Å². The molecule has 5 aliphatic heterocycles. The Hall–Kier alpha value is -7.31. The number of ether oxygens (including phenoxy) is 2. The predicted molar refractivity (Wildman–Crippen MR) is 264 cm³/mol. The molecule has 15 nitrogen and oxygen atoms in total. The van der Waals surface area contributed by atoms with Crippen LogP contribution in [0.25, 0.3) is 21.7 Å².